The van der Waals surface area contributed by atoms with Gasteiger partial charge in [0.1, 0.15) is 21.2 Å². The van der Waals surface area contributed by atoms with Crippen LogP contribution >= 0.6 is 38.9 Å². The summed E-state index contributed by atoms with van der Waals surface area (Å²) in [7, 11) is 0. The zero-order chi connectivity index (χ0) is 18.7. The Morgan fingerprint density at radius 1 is 1.11 bits per heavy atom. The minimum absolute atomic E-state index is 0.0414. The molecule has 0 atom stereocenters. The Labute approximate surface area is 170 Å². The summed E-state index contributed by atoms with van der Waals surface area (Å²) in [5, 5.41) is 5.63. The number of fused-ring (bicyclic) bond motifs is 4. The summed E-state index contributed by atoms with van der Waals surface area (Å²) in [6.07, 6.45) is 1.77. The maximum Gasteiger partial charge on any atom is 0.194 e. The van der Waals surface area contributed by atoms with E-state index >= 15 is 0 Å². The zero-order valence-electron chi connectivity index (χ0n) is 13.9. The van der Waals surface area contributed by atoms with Gasteiger partial charge in [0.05, 0.1) is 21.5 Å². The average Bonchev–Trinajstić information content (AvgIpc) is 3.11. The zero-order valence-corrected chi connectivity index (χ0v) is 17.1. The fraction of sp³-hybridized carbons (Fsp3) is 0.0526. The third-order valence-electron chi connectivity index (χ3n) is 4.41. The van der Waals surface area contributed by atoms with Crippen LogP contribution in [0.4, 0.5) is 0 Å². The Balaban J connectivity index is 1.87. The summed E-state index contributed by atoms with van der Waals surface area (Å²) in [4.78, 5) is 23.5. The summed E-state index contributed by atoms with van der Waals surface area (Å²) in [5.41, 5.74) is 3.51. The van der Waals surface area contributed by atoms with Crippen LogP contribution in [-0.4, -0.2) is 19.7 Å². The van der Waals surface area contributed by atoms with Crippen LogP contribution in [0.15, 0.2) is 51.9 Å². The molecule has 0 spiro atoms. The Bertz CT molecular complexity index is 1380. The van der Waals surface area contributed by atoms with E-state index in [1.165, 1.54) is 11.3 Å². The van der Waals surface area contributed by atoms with E-state index in [4.69, 9.17) is 16.6 Å². The lowest BCUT2D eigenvalue weighted by Crippen LogP contribution is -2.08. The molecule has 3 heterocycles. The first-order valence-electron chi connectivity index (χ1n) is 8.06. The first kappa shape index (κ1) is 16.8. The second-order valence-electron chi connectivity index (χ2n) is 6.12. The number of hydrogen-bond acceptors (Lipinski definition) is 5. The van der Waals surface area contributed by atoms with E-state index < -0.39 is 0 Å². The highest BCUT2D eigenvalue weighted by Gasteiger charge is 2.21. The molecular weight excluding hydrogens is 448 g/mol. The van der Waals surface area contributed by atoms with Crippen molar-refractivity contribution in [1.82, 2.24) is 19.7 Å². The molecule has 1 aromatic carbocycles. The fourth-order valence-corrected chi connectivity index (χ4v) is 4.55. The van der Waals surface area contributed by atoms with Gasteiger partial charge in [-0.3, -0.25) is 4.79 Å². The number of pyridine rings is 1. The van der Waals surface area contributed by atoms with Crippen molar-refractivity contribution in [3.63, 3.8) is 0 Å². The van der Waals surface area contributed by atoms with Crippen molar-refractivity contribution in [2.75, 3.05) is 0 Å². The summed E-state index contributed by atoms with van der Waals surface area (Å²) < 4.78 is 2.70. The summed E-state index contributed by atoms with van der Waals surface area (Å²) in [5.74, 6) is 0. The minimum Gasteiger partial charge on any atom is -0.289 e. The van der Waals surface area contributed by atoms with Crippen LogP contribution in [0.5, 0.6) is 0 Å². The molecule has 27 heavy (non-hydrogen) atoms. The number of halogens is 2. The van der Waals surface area contributed by atoms with Gasteiger partial charge in [0, 0.05) is 16.2 Å². The van der Waals surface area contributed by atoms with Gasteiger partial charge in [-0.1, -0.05) is 27.5 Å². The van der Waals surface area contributed by atoms with Crippen LogP contribution in [0.3, 0.4) is 0 Å². The molecule has 2 aliphatic rings. The van der Waals surface area contributed by atoms with Crippen LogP contribution in [0.1, 0.15) is 5.56 Å². The molecule has 0 amide bonds. The third kappa shape index (κ3) is 2.65. The summed E-state index contributed by atoms with van der Waals surface area (Å²) in [6, 6.07) is 11.3. The lowest BCUT2D eigenvalue weighted by molar-refractivity contribution is 0.896. The largest absolute Gasteiger partial charge is 0.289 e. The predicted octanol–water partition coefficient (Wildman–Crippen LogP) is 5.22. The molecule has 0 fully saturated rings. The molecule has 0 N–H and O–H groups in total. The molecule has 0 saturated carbocycles. The number of rotatable bonds is 1. The first-order chi connectivity index (χ1) is 13.0. The van der Waals surface area contributed by atoms with Crippen LogP contribution in [-0.2, 0) is 0 Å². The molecule has 0 radical (unpaired) electrons. The Kier molecular flexibility index (Phi) is 3.79. The van der Waals surface area contributed by atoms with Gasteiger partial charge in [0.2, 0.25) is 0 Å². The van der Waals surface area contributed by atoms with Crippen molar-refractivity contribution in [3.8, 4) is 16.3 Å². The topological polar surface area (TPSA) is 60.7 Å². The average molecular weight is 458 g/mol. The van der Waals surface area contributed by atoms with Crippen LogP contribution in [0, 0.1) is 6.92 Å². The van der Waals surface area contributed by atoms with Crippen LogP contribution in [0.2, 0.25) is 5.15 Å². The summed E-state index contributed by atoms with van der Waals surface area (Å²) in [6.45, 7) is 1.82. The number of hydrogen-bond donors (Lipinski definition) is 0. The number of nitrogens with zero attached hydrogens (tertiary/aromatic N) is 4. The van der Waals surface area contributed by atoms with E-state index in [1.54, 1.807) is 16.9 Å². The van der Waals surface area contributed by atoms with E-state index in [2.05, 4.69) is 26.0 Å². The van der Waals surface area contributed by atoms with E-state index in [1.807, 2.05) is 37.3 Å². The quantitative estimate of drug-likeness (QED) is 0.256. The number of benzene rings is 2. The van der Waals surface area contributed by atoms with Gasteiger partial charge in [0.25, 0.3) is 0 Å². The molecule has 5 nitrogen and oxygen atoms in total. The van der Waals surface area contributed by atoms with Gasteiger partial charge in [-0.2, -0.15) is 5.10 Å². The molecule has 1 aliphatic heterocycles. The highest BCUT2D eigenvalue weighted by molar-refractivity contribution is 9.10. The maximum atomic E-state index is 12.9. The predicted molar refractivity (Wildman–Crippen MR) is 112 cm³/mol. The molecule has 2 aromatic heterocycles. The van der Waals surface area contributed by atoms with Gasteiger partial charge in [-0.15, -0.1) is 11.3 Å². The van der Waals surface area contributed by atoms with E-state index in [-0.39, 0.29) is 5.43 Å². The van der Waals surface area contributed by atoms with E-state index in [0.717, 1.165) is 20.6 Å². The minimum atomic E-state index is -0.0414. The lowest BCUT2D eigenvalue weighted by atomic mass is 10.1. The van der Waals surface area contributed by atoms with Gasteiger partial charge in [0.15, 0.2) is 5.43 Å². The first-order valence-corrected chi connectivity index (χ1v) is 10.0. The second-order valence-corrected chi connectivity index (χ2v) is 8.42. The highest BCUT2D eigenvalue weighted by atomic mass is 79.9. The molecule has 1 aliphatic carbocycles. The van der Waals surface area contributed by atoms with Gasteiger partial charge < -0.3 is 0 Å². The van der Waals surface area contributed by atoms with E-state index in [0.29, 0.717) is 32.1 Å². The Morgan fingerprint density at radius 3 is 2.67 bits per heavy atom. The molecule has 0 unspecified atom stereocenters. The second kappa shape index (κ2) is 6.09. The van der Waals surface area contributed by atoms with Crippen molar-refractivity contribution in [1.29, 1.82) is 0 Å². The molecule has 3 aromatic rings. The molecule has 5 rings (SSSR count). The van der Waals surface area contributed by atoms with Crippen molar-refractivity contribution < 1.29 is 0 Å². The molecule has 132 valence electrons. The van der Waals surface area contributed by atoms with Gasteiger partial charge in [-0.25, -0.2) is 14.6 Å². The lowest BCUT2D eigenvalue weighted by Gasteiger charge is -2.09. The molecule has 0 bridgehead atoms. The highest BCUT2D eigenvalue weighted by Crippen LogP contribution is 2.36. The third-order valence-corrected chi connectivity index (χ3v) is 6.34. The smallest absolute Gasteiger partial charge is 0.194 e. The molecule has 8 heteroatoms. The van der Waals surface area contributed by atoms with Crippen LogP contribution < -0.4 is 5.43 Å². The standard InChI is InChI=1S/C19H10BrClN4OS/c1-9-17(26)12-8-25(11-4-2-10(20)3-5-11)24-15(12)16-18(9)27-19-13(22-16)6-7-14(21)23-19/h2-8H,1H3. The van der Waals surface area contributed by atoms with Crippen LogP contribution in [0.25, 0.3) is 37.5 Å². The summed E-state index contributed by atoms with van der Waals surface area (Å²) >= 11 is 10.9. The van der Waals surface area contributed by atoms with E-state index in [9.17, 15) is 4.79 Å². The van der Waals surface area contributed by atoms with Gasteiger partial charge >= 0.3 is 0 Å². The monoisotopic (exact) mass is 456 g/mol. The normalized spacial score (nSPS) is 11.7. The molecule has 0 saturated heterocycles. The number of aromatic nitrogens is 4. The maximum absolute atomic E-state index is 12.9. The Hall–Kier alpha value is -2.35. The van der Waals surface area contributed by atoms with Crippen molar-refractivity contribution in [3.05, 3.63) is 68.0 Å². The Morgan fingerprint density at radius 2 is 1.89 bits per heavy atom. The van der Waals surface area contributed by atoms with Gasteiger partial charge in [-0.05, 0) is 43.3 Å². The molecular formula is C19H10BrClN4OS. The van der Waals surface area contributed by atoms with Crippen molar-refractivity contribution in [2.24, 2.45) is 0 Å². The SMILES string of the molecule is Cc1c2sc3nc(Cl)ccc3nc-2c2nn(-c3ccc(Br)cc3)cc2c1=O. The fourth-order valence-electron chi connectivity index (χ4n) is 3.05. The van der Waals surface area contributed by atoms with Crippen molar-refractivity contribution >= 4 is 60.1 Å². The van der Waals surface area contributed by atoms with Crippen molar-refractivity contribution in [2.45, 2.75) is 6.92 Å².